The van der Waals surface area contributed by atoms with Crippen molar-refractivity contribution in [1.82, 2.24) is 10.2 Å². The Hall–Kier alpha value is -1.06. The highest BCUT2D eigenvalue weighted by Gasteiger charge is 2.22. The SMILES string of the molecule is CC(=O)NCC1CCCN1C=O. The average Bonchev–Trinajstić information content (AvgIpc) is 2.47. The van der Waals surface area contributed by atoms with Crippen LogP contribution in [0.1, 0.15) is 19.8 Å². The van der Waals surface area contributed by atoms with Crippen LogP contribution in [0.4, 0.5) is 0 Å². The van der Waals surface area contributed by atoms with Crippen molar-refractivity contribution in [1.29, 1.82) is 0 Å². The second kappa shape index (κ2) is 4.09. The molecule has 1 unspecified atom stereocenters. The lowest BCUT2D eigenvalue weighted by atomic mass is 10.2. The van der Waals surface area contributed by atoms with Gasteiger partial charge in [-0.15, -0.1) is 0 Å². The normalized spacial score (nSPS) is 22.4. The third kappa shape index (κ3) is 2.22. The summed E-state index contributed by atoms with van der Waals surface area (Å²) < 4.78 is 0. The minimum absolute atomic E-state index is 0.0345. The third-order valence-corrected chi connectivity index (χ3v) is 2.14. The van der Waals surface area contributed by atoms with Crippen LogP contribution in [-0.4, -0.2) is 36.3 Å². The highest BCUT2D eigenvalue weighted by Crippen LogP contribution is 2.13. The smallest absolute Gasteiger partial charge is 0.216 e. The molecule has 0 spiro atoms. The van der Waals surface area contributed by atoms with Gasteiger partial charge in [0.1, 0.15) is 0 Å². The highest BCUT2D eigenvalue weighted by atomic mass is 16.1. The number of nitrogens with zero attached hydrogens (tertiary/aromatic N) is 1. The number of nitrogens with one attached hydrogen (secondary N) is 1. The summed E-state index contributed by atoms with van der Waals surface area (Å²) in [5, 5.41) is 2.71. The molecule has 0 aromatic carbocycles. The maximum absolute atomic E-state index is 10.6. The molecule has 0 bridgehead atoms. The van der Waals surface area contributed by atoms with E-state index in [1.165, 1.54) is 6.92 Å². The number of carbonyl (C=O) groups excluding carboxylic acids is 2. The zero-order chi connectivity index (χ0) is 8.97. The Kier molecular flexibility index (Phi) is 3.08. The van der Waals surface area contributed by atoms with E-state index >= 15 is 0 Å². The van der Waals surface area contributed by atoms with E-state index in [-0.39, 0.29) is 11.9 Å². The molecule has 4 heteroatoms. The molecule has 1 aliphatic heterocycles. The molecule has 1 N–H and O–H groups in total. The topological polar surface area (TPSA) is 49.4 Å². The van der Waals surface area contributed by atoms with Crippen LogP contribution in [-0.2, 0) is 9.59 Å². The van der Waals surface area contributed by atoms with E-state index < -0.39 is 0 Å². The monoisotopic (exact) mass is 170 g/mol. The fraction of sp³-hybridized carbons (Fsp3) is 0.750. The van der Waals surface area contributed by atoms with Crippen molar-refractivity contribution in [3.8, 4) is 0 Å². The van der Waals surface area contributed by atoms with E-state index in [1.54, 1.807) is 4.90 Å². The van der Waals surface area contributed by atoms with Crippen LogP contribution in [0.5, 0.6) is 0 Å². The quantitative estimate of drug-likeness (QED) is 0.593. The van der Waals surface area contributed by atoms with Crippen molar-refractivity contribution in [2.24, 2.45) is 0 Å². The predicted octanol–water partition coefficient (Wildman–Crippen LogP) is -0.257. The van der Waals surface area contributed by atoms with Gasteiger partial charge in [0, 0.05) is 26.1 Å². The molecule has 0 aromatic rings. The molecule has 0 saturated carbocycles. The van der Waals surface area contributed by atoms with E-state index in [2.05, 4.69) is 5.32 Å². The first-order valence-corrected chi connectivity index (χ1v) is 4.19. The third-order valence-electron chi connectivity index (χ3n) is 2.14. The minimum atomic E-state index is -0.0345. The Balaban J connectivity index is 2.30. The van der Waals surface area contributed by atoms with Crippen LogP contribution in [0.25, 0.3) is 0 Å². The zero-order valence-electron chi connectivity index (χ0n) is 7.25. The van der Waals surface area contributed by atoms with Crippen LogP contribution in [0.3, 0.4) is 0 Å². The standard InChI is InChI=1S/C8H14N2O2/c1-7(12)9-5-8-3-2-4-10(8)6-11/h6,8H,2-5H2,1H3,(H,9,12). The number of likely N-dealkylation sites (tertiary alicyclic amines) is 1. The van der Waals surface area contributed by atoms with Gasteiger partial charge in [-0.1, -0.05) is 0 Å². The first-order valence-electron chi connectivity index (χ1n) is 4.19. The molecule has 2 amide bonds. The number of hydrogen-bond donors (Lipinski definition) is 1. The van der Waals surface area contributed by atoms with Gasteiger partial charge in [0.2, 0.25) is 12.3 Å². The number of carbonyl (C=O) groups is 2. The molecule has 1 rings (SSSR count). The molecule has 0 aromatic heterocycles. The fourth-order valence-electron chi connectivity index (χ4n) is 1.48. The molecular weight excluding hydrogens is 156 g/mol. The van der Waals surface area contributed by atoms with Crippen molar-refractivity contribution in [3.05, 3.63) is 0 Å². The van der Waals surface area contributed by atoms with Gasteiger partial charge in [-0.3, -0.25) is 9.59 Å². The highest BCUT2D eigenvalue weighted by molar-refractivity contribution is 5.72. The van der Waals surface area contributed by atoms with Crippen LogP contribution in [0.15, 0.2) is 0 Å². The number of rotatable bonds is 3. The van der Waals surface area contributed by atoms with Gasteiger partial charge in [0.15, 0.2) is 0 Å². The lowest BCUT2D eigenvalue weighted by molar-refractivity contribution is -0.121. The van der Waals surface area contributed by atoms with Crippen LogP contribution in [0.2, 0.25) is 0 Å². The summed E-state index contributed by atoms with van der Waals surface area (Å²) in [4.78, 5) is 22.8. The average molecular weight is 170 g/mol. The number of amides is 2. The van der Waals surface area contributed by atoms with Gasteiger partial charge in [-0.05, 0) is 12.8 Å². The maximum atomic E-state index is 10.6. The Bertz CT molecular complexity index is 182. The lowest BCUT2D eigenvalue weighted by Crippen LogP contribution is -2.38. The second-order valence-corrected chi connectivity index (χ2v) is 3.08. The summed E-state index contributed by atoms with van der Waals surface area (Å²) in [6, 6.07) is 0.214. The van der Waals surface area contributed by atoms with Gasteiger partial charge >= 0.3 is 0 Å². The molecule has 4 nitrogen and oxygen atoms in total. The fourth-order valence-corrected chi connectivity index (χ4v) is 1.48. The van der Waals surface area contributed by atoms with E-state index in [0.717, 1.165) is 25.8 Å². The summed E-state index contributed by atoms with van der Waals surface area (Å²) in [7, 11) is 0. The second-order valence-electron chi connectivity index (χ2n) is 3.08. The summed E-state index contributed by atoms with van der Waals surface area (Å²) >= 11 is 0. The minimum Gasteiger partial charge on any atom is -0.354 e. The van der Waals surface area contributed by atoms with E-state index in [4.69, 9.17) is 0 Å². The molecule has 0 radical (unpaired) electrons. The summed E-state index contributed by atoms with van der Waals surface area (Å²) in [6.45, 7) is 2.90. The van der Waals surface area contributed by atoms with Crippen molar-refractivity contribution in [2.45, 2.75) is 25.8 Å². The van der Waals surface area contributed by atoms with Gasteiger partial charge in [0.05, 0.1) is 0 Å². The Morgan fingerprint density at radius 1 is 1.75 bits per heavy atom. The van der Waals surface area contributed by atoms with Crippen LogP contribution < -0.4 is 5.32 Å². The van der Waals surface area contributed by atoms with Gasteiger partial charge < -0.3 is 10.2 Å². The molecule has 68 valence electrons. The van der Waals surface area contributed by atoms with Gasteiger partial charge in [-0.25, -0.2) is 0 Å². The zero-order valence-corrected chi connectivity index (χ0v) is 7.25. The molecule has 1 aliphatic rings. The van der Waals surface area contributed by atoms with Crippen molar-refractivity contribution >= 4 is 12.3 Å². The van der Waals surface area contributed by atoms with E-state index in [1.807, 2.05) is 0 Å². The summed E-state index contributed by atoms with van der Waals surface area (Å²) in [6.07, 6.45) is 2.90. The Labute approximate surface area is 71.9 Å². The lowest BCUT2D eigenvalue weighted by Gasteiger charge is -2.19. The largest absolute Gasteiger partial charge is 0.354 e. The molecule has 1 heterocycles. The Morgan fingerprint density at radius 3 is 3.08 bits per heavy atom. The van der Waals surface area contributed by atoms with Crippen molar-refractivity contribution < 1.29 is 9.59 Å². The molecule has 1 atom stereocenters. The molecular formula is C8H14N2O2. The summed E-state index contributed by atoms with van der Waals surface area (Å²) in [5.41, 5.74) is 0. The first kappa shape index (κ1) is 9.03. The van der Waals surface area contributed by atoms with Gasteiger partial charge in [-0.2, -0.15) is 0 Å². The van der Waals surface area contributed by atoms with Crippen LogP contribution >= 0.6 is 0 Å². The van der Waals surface area contributed by atoms with E-state index in [0.29, 0.717) is 6.54 Å². The molecule has 1 fully saturated rings. The molecule has 1 saturated heterocycles. The van der Waals surface area contributed by atoms with Gasteiger partial charge in [0.25, 0.3) is 0 Å². The molecule has 12 heavy (non-hydrogen) atoms. The Morgan fingerprint density at radius 2 is 2.50 bits per heavy atom. The van der Waals surface area contributed by atoms with Crippen molar-refractivity contribution in [2.75, 3.05) is 13.1 Å². The van der Waals surface area contributed by atoms with Crippen molar-refractivity contribution in [3.63, 3.8) is 0 Å². The summed E-state index contributed by atoms with van der Waals surface area (Å²) in [5.74, 6) is -0.0345. The van der Waals surface area contributed by atoms with E-state index in [9.17, 15) is 9.59 Å². The predicted molar refractivity (Wildman–Crippen MR) is 44.5 cm³/mol. The number of hydrogen-bond acceptors (Lipinski definition) is 2. The maximum Gasteiger partial charge on any atom is 0.216 e. The van der Waals surface area contributed by atoms with Crippen LogP contribution in [0, 0.1) is 0 Å². The first-order chi connectivity index (χ1) is 5.74. The molecule has 0 aliphatic carbocycles.